The zero-order valence-corrected chi connectivity index (χ0v) is 13.4. The number of likely N-dealkylation sites (N-methyl/N-ethyl adjacent to an activating group) is 1. The molecule has 108 valence electrons. The molecule has 1 unspecified atom stereocenters. The van der Waals surface area contributed by atoms with Crippen molar-refractivity contribution >= 4 is 11.3 Å². The molecule has 20 heavy (non-hydrogen) atoms. The first-order chi connectivity index (χ1) is 9.70. The molecule has 1 atom stereocenters. The van der Waals surface area contributed by atoms with Gasteiger partial charge in [0.25, 0.3) is 0 Å². The summed E-state index contributed by atoms with van der Waals surface area (Å²) in [5.41, 5.74) is 2.78. The van der Waals surface area contributed by atoms with E-state index >= 15 is 0 Å². The Hall–Kier alpha value is -1.16. The molecule has 0 aliphatic carbocycles. The molecule has 0 amide bonds. The molecule has 0 aliphatic rings. The van der Waals surface area contributed by atoms with E-state index in [9.17, 15) is 0 Å². The van der Waals surface area contributed by atoms with Gasteiger partial charge in [-0.3, -0.25) is 4.90 Å². The van der Waals surface area contributed by atoms with E-state index in [1.54, 1.807) is 0 Å². The van der Waals surface area contributed by atoms with E-state index in [1.165, 1.54) is 16.0 Å². The fourth-order valence-electron chi connectivity index (χ4n) is 2.25. The van der Waals surface area contributed by atoms with Crippen LogP contribution in [0, 0.1) is 0 Å². The second-order valence-electron chi connectivity index (χ2n) is 5.28. The average molecular weight is 288 g/mol. The summed E-state index contributed by atoms with van der Waals surface area (Å²) in [6.07, 6.45) is 1.10. The normalized spacial score (nSPS) is 12.8. The van der Waals surface area contributed by atoms with Crippen LogP contribution in [0.1, 0.15) is 29.0 Å². The Morgan fingerprint density at radius 1 is 1.15 bits per heavy atom. The van der Waals surface area contributed by atoms with Crippen LogP contribution >= 0.6 is 11.3 Å². The van der Waals surface area contributed by atoms with Gasteiger partial charge in [-0.1, -0.05) is 30.3 Å². The lowest BCUT2D eigenvalue weighted by Gasteiger charge is -2.24. The lowest BCUT2D eigenvalue weighted by molar-refractivity contribution is 0.256. The van der Waals surface area contributed by atoms with Crippen molar-refractivity contribution in [2.75, 3.05) is 20.6 Å². The van der Waals surface area contributed by atoms with Gasteiger partial charge in [0.15, 0.2) is 0 Å². The highest BCUT2D eigenvalue weighted by Gasteiger charge is 2.12. The van der Waals surface area contributed by atoms with Gasteiger partial charge in [0.05, 0.1) is 0 Å². The molecular weight excluding hydrogens is 264 g/mol. The highest BCUT2D eigenvalue weighted by atomic mass is 32.1. The molecule has 2 nitrogen and oxygen atoms in total. The summed E-state index contributed by atoms with van der Waals surface area (Å²) in [6.45, 7) is 4.30. The maximum Gasteiger partial charge on any atom is 0.0413 e. The van der Waals surface area contributed by atoms with Crippen molar-refractivity contribution in [3.63, 3.8) is 0 Å². The van der Waals surface area contributed by atoms with Crippen molar-refractivity contribution in [3.8, 4) is 0 Å². The number of thiophene rings is 1. The number of hydrogen-bond donors (Lipinski definition) is 1. The van der Waals surface area contributed by atoms with Gasteiger partial charge in [0.2, 0.25) is 0 Å². The Bertz CT molecular complexity index is 490. The van der Waals surface area contributed by atoms with E-state index in [0.29, 0.717) is 6.04 Å². The van der Waals surface area contributed by atoms with Gasteiger partial charge in [-0.2, -0.15) is 0 Å². The van der Waals surface area contributed by atoms with Crippen molar-refractivity contribution in [1.29, 1.82) is 0 Å². The maximum atomic E-state index is 3.19. The van der Waals surface area contributed by atoms with Gasteiger partial charge in [0, 0.05) is 17.5 Å². The molecule has 0 spiro atoms. The van der Waals surface area contributed by atoms with Crippen LogP contribution in [-0.2, 0) is 13.0 Å². The number of nitrogens with one attached hydrogen (secondary N) is 1. The van der Waals surface area contributed by atoms with Crippen LogP contribution in [0.15, 0.2) is 41.8 Å². The number of nitrogens with zero attached hydrogens (tertiary/aromatic N) is 1. The third-order valence-corrected chi connectivity index (χ3v) is 4.78. The smallest absolute Gasteiger partial charge is 0.0413 e. The number of rotatable bonds is 7. The first-order valence-electron chi connectivity index (χ1n) is 7.16. The second kappa shape index (κ2) is 7.58. The second-order valence-corrected chi connectivity index (χ2v) is 6.26. The highest BCUT2D eigenvalue weighted by molar-refractivity contribution is 7.10. The van der Waals surface area contributed by atoms with Crippen LogP contribution in [-0.4, -0.2) is 25.5 Å². The molecule has 1 N–H and O–H groups in total. The Labute approximate surface area is 126 Å². The SMILES string of the molecule is CNCCc1ccc(CN(C)C(C)c2cccs2)cc1. The fraction of sp³-hybridized carbons (Fsp3) is 0.412. The summed E-state index contributed by atoms with van der Waals surface area (Å²) in [7, 11) is 4.19. The predicted molar refractivity (Wildman–Crippen MR) is 88.3 cm³/mol. The van der Waals surface area contributed by atoms with Crippen molar-refractivity contribution < 1.29 is 0 Å². The summed E-state index contributed by atoms with van der Waals surface area (Å²) in [5.74, 6) is 0. The third-order valence-electron chi connectivity index (χ3n) is 3.73. The van der Waals surface area contributed by atoms with Crippen LogP contribution in [0.3, 0.4) is 0 Å². The Kier molecular flexibility index (Phi) is 5.77. The van der Waals surface area contributed by atoms with Gasteiger partial charge < -0.3 is 5.32 Å². The quantitative estimate of drug-likeness (QED) is 0.835. The summed E-state index contributed by atoms with van der Waals surface area (Å²) < 4.78 is 0. The third kappa shape index (κ3) is 4.17. The molecule has 2 aromatic rings. The van der Waals surface area contributed by atoms with E-state index in [2.05, 4.69) is 66.0 Å². The molecule has 3 heteroatoms. The Balaban J connectivity index is 1.92. The van der Waals surface area contributed by atoms with E-state index < -0.39 is 0 Å². The Morgan fingerprint density at radius 3 is 2.45 bits per heavy atom. The molecule has 0 aliphatic heterocycles. The summed E-state index contributed by atoms with van der Waals surface area (Å²) in [4.78, 5) is 3.83. The predicted octanol–water partition coefficient (Wildman–Crippen LogP) is 3.70. The van der Waals surface area contributed by atoms with Crippen LogP contribution in [0.25, 0.3) is 0 Å². The highest BCUT2D eigenvalue weighted by Crippen LogP contribution is 2.24. The van der Waals surface area contributed by atoms with Crippen molar-refractivity contribution in [2.45, 2.75) is 25.9 Å². The van der Waals surface area contributed by atoms with Gasteiger partial charge in [-0.15, -0.1) is 11.3 Å². The molecule has 0 bridgehead atoms. The van der Waals surface area contributed by atoms with Crippen LogP contribution in [0.5, 0.6) is 0 Å². The molecule has 1 aromatic heterocycles. The summed E-state index contributed by atoms with van der Waals surface area (Å²) in [6, 6.07) is 13.8. The molecule has 1 heterocycles. The molecule has 0 radical (unpaired) electrons. The summed E-state index contributed by atoms with van der Waals surface area (Å²) >= 11 is 1.83. The lowest BCUT2D eigenvalue weighted by Crippen LogP contribution is -2.21. The van der Waals surface area contributed by atoms with Crippen LogP contribution in [0.2, 0.25) is 0 Å². The van der Waals surface area contributed by atoms with Crippen molar-refractivity contribution in [1.82, 2.24) is 10.2 Å². The summed E-state index contributed by atoms with van der Waals surface area (Å²) in [5, 5.41) is 5.34. The minimum atomic E-state index is 0.471. The van der Waals surface area contributed by atoms with Crippen LogP contribution < -0.4 is 5.32 Å². The van der Waals surface area contributed by atoms with E-state index in [-0.39, 0.29) is 0 Å². The maximum absolute atomic E-state index is 3.19. The fourth-order valence-corrected chi connectivity index (χ4v) is 3.10. The Morgan fingerprint density at radius 2 is 1.85 bits per heavy atom. The topological polar surface area (TPSA) is 15.3 Å². The zero-order valence-electron chi connectivity index (χ0n) is 12.6. The largest absolute Gasteiger partial charge is 0.319 e. The average Bonchev–Trinajstić information content (AvgIpc) is 3.00. The van der Waals surface area contributed by atoms with Crippen LogP contribution in [0.4, 0.5) is 0 Å². The minimum Gasteiger partial charge on any atom is -0.319 e. The lowest BCUT2D eigenvalue weighted by atomic mass is 10.1. The van der Waals surface area contributed by atoms with Gasteiger partial charge >= 0.3 is 0 Å². The van der Waals surface area contributed by atoms with Crippen molar-refractivity contribution in [3.05, 3.63) is 57.8 Å². The molecule has 0 fully saturated rings. The molecule has 1 aromatic carbocycles. The van der Waals surface area contributed by atoms with Gasteiger partial charge in [-0.05, 0) is 56.6 Å². The number of hydrogen-bond acceptors (Lipinski definition) is 3. The van der Waals surface area contributed by atoms with Gasteiger partial charge in [-0.25, -0.2) is 0 Å². The molecule has 0 saturated heterocycles. The van der Waals surface area contributed by atoms with E-state index in [1.807, 2.05) is 18.4 Å². The minimum absolute atomic E-state index is 0.471. The number of benzene rings is 1. The van der Waals surface area contributed by atoms with Crippen molar-refractivity contribution in [2.24, 2.45) is 0 Å². The van der Waals surface area contributed by atoms with E-state index in [0.717, 1.165) is 19.5 Å². The zero-order chi connectivity index (χ0) is 14.4. The molecule has 0 saturated carbocycles. The monoisotopic (exact) mass is 288 g/mol. The molecular formula is C17H24N2S. The first kappa shape index (κ1) is 15.2. The molecule has 2 rings (SSSR count). The van der Waals surface area contributed by atoms with E-state index in [4.69, 9.17) is 0 Å². The first-order valence-corrected chi connectivity index (χ1v) is 8.04. The van der Waals surface area contributed by atoms with Gasteiger partial charge in [0.1, 0.15) is 0 Å². The standard InChI is InChI=1S/C17H24N2S/c1-14(17-5-4-12-20-17)19(3)13-16-8-6-15(7-9-16)10-11-18-2/h4-9,12,14,18H,10-11,13H2,1-3H3.